The maximum atomic E-state index is 4.40. The van der Waals surface area contributed by atoms with Crippen LogP contribution in [0.4, 0.5) is 0 Å². The van der Waals surface area contributed by atoms with Crippen molar-refractivity contribution in [1.82, 2.24) is 10.2 Å². The molecular weight excluding hydrogens is 234 g/mol. The predicted octanol–water partition coefficient (Wildman–Crippen LogP) is 2.71. The van der Waals surface area contributed by atoms with Crippen LogP contribution in [0.15, 0.2) is 35.3 Å². The van der Waals surface area contributed by atoms with Gasteiger partial charge in [0.05, 0.1) is 0 Å². The second-order valence-corrected chi connectivity index (χ2v) is 5.66. The van der Waals surface area contributed by atoms with Gasteiger partial charge < -0.3 is 10.2 Å². The molecule has 0 amide bonds. The maximum Gasteiger partial charge on any atom is 0.193 e. The van der Waals surface area contributed by atoms with Crippen molar-refractivity contribution in [3.05, 3.63) is 35.9 Å². The molecule has 19 heavy (non-hydrogen) atoms. The van der Waals surface area contributed by atoms with Crippen molar-refractivity contribution in [3.63, 3.8) is 0 Å². The van der Waals surface area contributed by atoms with E-state index < -0.39 is 0 Å². The minimum absolute atomic E-state index is 0.638. The molecule has 0 radical (unpaired) electrons. The summed E-state index contributed by atoms with van der Waals surface area (Å²) in [5.74, 6) is 2.33. The first-order chi connectivity index (χ1) is 9.20. The highest BCUT2D eigenvalue weighted by Gasteiger charge is 2.25. The summed E-state index contributed by atoms with van der Waals surface area (Å²) in [6, 6.07) is 10.8. The number of nitrogens with one attached hydrogen (secondary N) is 1. The normalized spacial score (nSPS) is 20.1. The van der Waals surface area contributed by atoms with Gasteiger partial charge in [-0.2, -0.15) is 0 Å². The molecule has 1 fully saturated rings. The standard InChI is InChI=1S/C16H25N3/c1-13(2)11-18-16(17-3)19-10-9-15(12-19)14-7-5-4-6-8-14/h4-8,13,15H,9-12H2,1-3H3,(H,17,18). The lowest BCUT2D eigenvalue weighted by molar-refractivity contribution is 0.476. The summed E-state index contributed by atoms with van der Waals surface area (Å²) < 4.78 is 0. The molecule has 1 heterocycles. The summed E-state index contributed by atoms with van der Waals surface area (Å²) in [7, 11) is 1.87. The fourth-order valence-corrected chi connectivity index (χ4v) is 2.58. The molecule has 2 rings (SSSR count). The molecule has 1 aromatic rings. The van der Waals surface area contributed by atoms with Crippen molar-refractivity contribution in [2.75, 3.05) is 26.7 Å². The zero-order valence-electron chi connectivity index (χ0n) is 12.3. The van der Waals surface area contributed by atoms with Crippen molar-refractivity contribution < 1.29 is 0 Å². The Morgan fingerprint density at radius 1 is 1.37 bits per heavy atom. The van der Waals surface area contributed by atoms with Gasteiger partial charge in [-0.15, -0.1) is 0 Å². The highest BCUT2D eigenvalue weighted by molar-refractivity contribution is 5.80. The maximum absolute atomic E-state index is 4.40. The van der Waals surface area contributed by atoms with E-state index in [9.17, 15) is 0 Å². The highest BCUT2D eigenvalue weighted by atomic mass is 15.3. The van der Waals surface area contributed by atoms with Crippen LogP contribution in [0, 0.1) is 5.92 Å². The molecule has 3 nitrogen and oxygen atoms in total. The fourth-order valence-electron chi connectivity index (χ4n) is 2.58. The number of rotatable bonds is 3. The molecule has 1 aliphatic heterocycles. The van der Waals surface area contributed by atoms with Crippen molar-refractivity contribution in [2.24, 2.45) is 10.9 Å². The molecule has 3 heteroatoms. The van der Waals surface area contributed by atoms with E-state index in [1.54, 1.807) is 0 Å². The second-order valence-electron chi connectivity index (χ2n) is 5.66. The number of aliphatic imine (C=N–C) groups is 1. The third kappa shape index (κ3) is 3.72. The monoisotopic (exact) mass is 259 g/mol. The molecular formula is C16H25N3. The van der Waals surface area contributed by atoms with Crippen LogP contribution < -0.4 is 5.32 Å². The van der Waals surface area contributed by atoms with E-state index in [4.69, 9.17) is 0 Å². The molecule has 1 unspecified atom stereocenters. The average molecular weight is 259 g/mol. The third-order valence-electron chi connectivity index (χ3n) is 3.64. The van der Waals surface area contributed by atoms with E-state index in [0.29, 0.717) is 11.8 Å². The molecule has 1 N–H and O–H groups in total. The van der Waals surface area contributed by atoms with Crippen LogP contribution in [0.5, 0.6) is 0 Å². The van der Waals surface area contributed by atoms with Gasteiger partial charge in [-0.1, -0.05) is 44.2 Å². The number of nitrogens with zero attached hydrogens (tertiary/aromatic N) is 2. The SMILES string of the molecule is CN=C(NCC(C)C)N1CCC(c2ccccc2)C1. The number of likely N-dealkylation sites (tertiary alicyclic amines) is 1. The minimum Gasteiger partial charge on any atom is -0.356 e. The Morgan fingerprint density at radius 3 is 2.74 bits per heavy atom. The number of hydrogen-bond donors (Lipinski definition) is 1. The van der Waals surface area contributed by atoms with Crippen LogP contribution in [-0.4, -0.2) is 37.5 Å². The lowest BCUT2D eigenvalue weighted by atomic mass is 9.99. The Hall–Kier alpha value is -1.51. The van der Waals surface area contributed by atoms with Gasteiger partial charge in [0.25, 0.3) is 0 Å². The summed E-state index contributed by atoms with van der Waals surface area (Å²) in [6.07, 6.45) is 1.21. The smallest absolute Gasteiger partial charge is 0.193 e. The lowest BCUT2D eigenvalue weighted by Gasteiger charge is -2.22. The predicted molar refractivity (Wildman–Crippen MR) is 81.6 cm³/mol. The number of hydrogen-bond acceptors (Lipinski definition) is 1. The summed E-state index contributed by atoms with van der Waals surface area (Å²) in [6.45, 7) is 7.59. The van der Waals surface area contributed by atoms with Gasteiger partial charge in [0.2, 0.25) is 0 Å². The largest absolute Gasteiger partial charge is 0.356 e. The van der Waals surface area contributed by atoms with Crippen LogP contribution in [0.3, 0.4) is 0 Å². The first kappa shape index (κ1) is 13.9. The number of benzene rings is 1. The highest BCUT2D eigenvalue weighted by Crippen LogP contribution is 2.26. The molecule has 0 spiro atoms. The van der Waals surface area contributed by atoms with Crippen LogP contribution in [-0.2, 0) is 0 Å². The lowest BCUT2D eigenvalue weighted by Crippen LogP contribution is -2.41. The van der Waals surface area contributed by atoms with Crippen LogP contribution in [0.2, 0.25) is 0 Å². The van der Waals surface area contributed by atoms with E-state index in [1.165, 1.54) is 12.0 Å². The van der Waals surface area contributed by atoms with Gasteiger partial charge >= 0.3 is 0 Å². The zero-order chi connectivity index (χ0) is 13.7. The third-order valence-corrected chi connectivity index (χ3v) is 3.64. The van der Waals surface area contributed by atoms with E-state index >= 15 is 0 Å². The summed E-state index contributed by atoms with van der Waals surface area (Å²) in [5.41, 5.74) is 1.45. The molecule has 1 aliphatic rings. The Kier molecular flexibility index (Phi) is 4.83. The summed E-state index contributed by atoms with van der Waals surface area (Å²) in [5, 5.41) is 3.46. The van der Waals surface area contributed by atoms with Crippen LogP contribution >= 0.6 is 0 Å². The quantitative estimate of drug-likeness (QED) is 0.667. The first-order valence-electron chi connectivity index (χ1n) is 7.21. The molecule has 104 valence electrons. The van der Waals surface area contributed by atoms with Gasteiger partial charge in [-0.05, 0) is 17.9 Å². The summed E-state index contributed by atoms with van der Waals surface area (Å²) >= 11 is 0. The Bertz CT molecular complexity index is 411. The van der Waals surface area contributed by atoms with Gasteiger partial charge in [0.15, 0.2) is 5.96 Å². The molecule has 0 saturated carbocycles. The van der Waals surface area contributed by atoms with Crippen molar-refractivity contribution in [2.45, 2.75) is 26.2 Å². The Balaban J connectivity index is 1.94. The summed E-state index contributed by atoms with van der Waals surface area (Å²) in [4.78, 5) is 6.78. The topological polar surface area (TPSA) is 27.6 Å². The van der Waals surface area contributed by atoms with Crippen molar-refractivity contribution in [3.8, 4) is 0 Å². The zero-order valence-corrected chi connectivity index (χ0v) is 12.3. The molecule has 1 atom stereocenters. The van der Waals surface area contributed by atoms with E-state index in [2.05, 4.69) is 59.4 Å². The molecule has 1 saturated heterocycles. The molecule has 0 aliphatic carbocycles. The molecule has 1 aromatic carbocycles. The van der Waals surface area contributed by atoms with Crippen molar-refractivity contribution in [1.29, 1.82) is 0 Å². The minimum atomic E-state index is 0.638. The van der Waals surface area contributed by atoms with Gasteiger partial charge in [0, 0.05) is 32.6 Å². The Labute approximate surface area is 116 Å². The van der Waals surface area contributed by atoms with Crippen LogP contribution in [0.1, 0.15) is 31.7 Å². The Morgan fingerprint density at radius 2 is 2.11 bits per heavy atom. The van der Waals surface area contributed by atoms with Crippen LogP contribution in [0.25, 0.3) is 0 Å². The fraction of sp³-hybridized carbons (Fsp3) is 0.562. The van der Waals surface area contributed by atoms with Gasteiger partial charge in [-0.3, -0.25) is 4.99 Å². The first-order valence-corrected chi connectivity index (χ1v) is 7.21. The average Bonchev–Trinajstić information content (AvgIpc) is 2.90. The van der Waals surface area contributed by atoms with E-state index in [1.807, 2.05) is 7.05 Å². The molecule has 0 aromatic heterocycles. The van der Waals surface area contributed by atoms with E-state index in [0.717, 1.165) is 25.6 Å². The van der Waals surface area contributed by atoms with E-state index in [-0.39, 0.29) is 0 Å². The van der Waals surface area contributed by atoms with Gasteiger partial charge in [-0.25, -0.2) is 0 Å². The van der Waals surface area contributed by atoms with Gasteiger partial charge in [0.1, 0.15) is 0 Å². The number of guanidine groups is 1. The second kappa shape index (κ2) is 6.60. The van der Waals surface area contributed by atoms with Crippen molar-refractivity contribution >= 4 is 5.96 Å². The molecule has 0 bridgehead atoms.